The molecule has 0 saturated heterocycles. The summed E-state index contributed by atoms with van der Waals surface area (Å²) in [4.78, 5) is 28.2. The molecule has 3 aromatic rings. The second kappa shape index (κ2) is 5.56. The van der Waals surface area contributed by atoms with Gasteiger partial charge in [0.25, 0.3) is 0 Å². The molecule has 110 valence electrons. The minimum Gasteiger partial charge on any atom is -0.340 e. The smallest absolute Gasteiger partial charge is 0.212 e. The molecule has 22 heavy (non-hydrogen) atoms. The van der Waals surface area contributed by atoms with Crippen molar-refractivity contribution in [3.05, 3.63) is 65.7 Å². The van der Waals surface area contributed by atoms with E-state index < -0.39 is 0 Å². The zero-order chi connectivity index (χ0) is 15.7. The Morgan fingerprint density at radius 3 is 2.27 bits per heavy atom. The Balaban J connectivity index is 2.00. The van der Waals surface area contributed by atoms with Crippen molar-refractivity contribution in [2.45, 2.75) is 13.3 Å². The number of fused-ring (bicyclic) bond motifs is 1. The lowest BCUT2D eigenvalue weighted by Crippen LogP contribution is -2.02. The number of aromatic nitrogens is 2. The van der Waals surface area contributed by atoms with Crippen molar-refractivity contribution in [1.29, 1.82) is 0 Å². The summed E-state index contributed by atoms with van der Waals surface area (Å²) in [5.74, 6) is 0.0201. The molecule has 0 amide bonds. The lowest BCUT2D eigenvalue weighted by atomic mass is 9.99. The van der Waals surface area contributed by atoms with Gasteiger partial charge in [-0.05, 0) is 22.9 Å². The van der Waals surface area contributed by atoms with Gasteiger partial charge in [0.1, 0.15) is 5.69 Å². The zero-order valence-corrected chi connectivity index (χ0v) is 12.5. The third-order valence-corrected chi connectivity index (χ3v) is 3.68. The van der Waals surface area contributed by atoms with Gasteiger partial charge in [0, 0.05) is 30.8 Å². The maximum Gasteiger partial charge on any atom is 0.212 e. The summed E-state index contributed by atoms with van der Waals surface area (Å²) in [6.07, 6.45) is 3.80. The molecule has 0 spiro atoms. The van der Waals surface area contributed by atoms with Gasteiger partial charge in [-0.25, -0.2) is 4.98 Å². The van der Waals surface area contributed by atoms with Crippen LogP contribution >= 0.6 is 0 Å². The highest BCUT2D eigenvalue weighted by atomic mass is 16.1. The molecule has 0 aliphatic heterocycles. The number of carbonyl (C=O) groups excluding carboxylic acids is 2. The Morgan fingerprint density at radius 1 is 1.05 bits per heavy atom. The molecule has 0 N–H and O–H groups in total. The van der Waals surface area contributed by atoms with E-state index in [1.54, 1.807) is 23.2 Å². The van der Waals surface area contributed by atoms with Gasteiger partial charge in [-0.3, -0.25) is 9.59 Å². The highest BCUT2D eigenvalue weighted by molar-refractivity contribution is 6.09. The molecule has 0 aliphatic rings. The molecule has 2 aromatic carbocycles. The van der Waals surface area contributed by atoms with Gasteiger partial charge in [-0.2, -0.15) is 0 Å². The molecule has 0 saturated carbocycles. The van der Waals surface area contributed by atoms with Crippen LogP contribution in [-0.2, 0) is 7.05 Å². The average Bonchev–Trinajstić information content (AvgIpc) is 2.98. The fourth-order valence-corrected chi connectivity index (χ4v) is 2.44. The summed E-state index contributed by atoms with van der Waals surface area (Å²) >= 11 is 0. The van der Waals surface area contributed by atoms with Crippen LogP contribution in [0, 0.1) is 0 Å². The summed E-state index contributed by atoms with van der Waals surface area (Å²) < 4.78 is 1.75. The number of hydrogen-bond donors (Lipinski definition) is 0. The number of rotatable bonds is 4. The van der Waals surface area contributed by atoms with Crippen molar-refractivity contribution in [2.75, 3.05) is 0 Å². The molecule has 0 radical (unpaired) electrons. The van der Waals surface area contributed by atoms with E-state index in [0.29, 0.717) is 23.2 Å². The van der Waals surface area contributed by atoms with Gasteiger partial charge in [0.2, 0.25) is 5.78 Å². The highest BCUT2D eigenvalue weighted by Gasteiger charge is 2.12. The van der Waals surface area contributed by atoms with Crippen molar-refractivity contribution < 1.29 is 9.59 Å². The number of nitrogens with zero attached hydrogens (tertiary/aromatic N) is 2. The van der Waals surface area contributed by atoms with Gasteiger partial charge in [-0.1, -0.05) is 31.2 Å². The lowest BCUT2D eigenvalue weighted by Gasteiger charge is -2.04. The van der Waals surface area contributed by atoms with Gasteiger partial charge in [-0.15, -0.1) is 0 Å². The van der Waals surface area contributed by atoms with Crippen LogP contribution < -0.4 is 0 Å². The summed E-state index contributed by atoms with van der Waals surface area (Å²) in [7, 11) is 1.83. The first-order chi connectivity index (χ1) is 10.6. The van der Waals surface area contributed by atoms with Crippen LogP contribution in [0.5, 0.6) is 0 Å². The van der Waals surface area contributed by atoms with E-state index in [9.17, 15) is 9.59 Å². The van der Waals surface area contributed by atoms with Gasteiger partial charge in [0.05, 0.1) is 6.33 Å². The summed E-state index contributed by atoms with van der Waals surface area (Å²) in [6.45, 7) is 1.85. The van der Waals surface area contributed by atoms with Crippen molar-refractivity contribution in [1.82, 2.24) is 9.55 Å². The van der Waals surface area contributed by atoms with Crippen LogP contribution in [0.15, 0.2) is 48.9 Å². The lowest BCUT2D eigenvalue weighted by molar-refractivity contribution is 0.0987. The predicted molar refractivity (Wildman–Crippen MR) is 85.2 cm³/mol. The molecular formula is C18H16N2O2. The first kappa shape index (κ1) is 14.2. The number of carbonyl (C=O) groups is 2. The molecule has 0 bridgehead atoms. The molecule has 3 rings (SSSR count). The fourth-order valence-electron chi connectivity index (χ4n) is 2.44. The van der Waals surface area contributed by atoms with Gasteiger partial charge >= 0.3 is 0 Å². The zero-order valence-electron chi connectivity index (χ0n) is 12.5. The molecular weight excluding hydrogens is 276 g/mol. The Labute approximate surface area is 128 Å². The third kappa shape index (κ3) is 2.55. The van der Waals surface area contributed by atoms with Crippen molar-refractivity contribution in [3.8, 4) is 0 Å². The minimum absolute atomic E-state index is 0.101. The number of ketones is 2. The first-order valence-corrected chi connectivity index (χ1v) is 7.18. The normalized spacial score (nSPS) is 10.8. The quantitative estimate of drug-likeness (QED) is 0.692. The molecule has 1 heterocycles. The molecule has 0 aliphatic carbocycles. The Hall–Kier alpha value is -2.75. The summed E-state index contributed by atoms with van der Waals surface area (Å²) in [5, 5.41) is 1.89. The van der Waals surface area contributed by atoms with Crippen LogP contribution in [-0.4, -0.2) is 21.1 Å². The second-order valence-electron chi connectivity index (χ2n) is 5.31. The molecule has 0 atom stereocenters. The number of Topliss-reactive ketones (excluding diaryl/α,β-unsaturated/α-hetero) is 1. The average molecular weight is 292 g/mol. The predicted octanol–water partition coefficient (Wildman–Crippen LogP) is 3.40. The van der Waals surface area contributed by atoms with Crippen LogP contribution in [0.25, 0.3) is 10.8 Å². The van der Waals surface area contributed by atoms with Crippen LogP contribution in [0.1, 0.15) is 39.8 Å². The van der Waals surface area contributed by atoms with Gasteiger partial charge in [0.15, 0.2) is 5.78 Å². The fraction of sp³-hybridized carbons (Fsp3) is 0.167. The van der Waals surface area contributed by atoms with E-state index in [-0.39, 0.29) is 11.6 Å². The minimum atomic E-state index is -0.101. The van der Waals surface area contributed by atoms with Crippen LogP contribution in [0.4, 0.5) is 0 Å². The maximum absolute atomic E-state index is 12.4. The third-order valence-electron chi connectivity index (χ3n) is 3.68. The van der Waals surface area contributed by atoms with E-state index in [0.717, 1.165) is 10.8 Å². The number of benzene rings is 2. The summed E-state index contributed by atoms with van der Waals surface area (Å²) in [5.41, 5.74) is 1.74. The standard InChI is InChI=1S/C18H16N2O2/c1-3-17(21)14-6-4-13-9-15(7-5-12(13)8-14)18(22)16-10-20(2)11-19-16/h4-11H,3H2,1-2H3. The van der Waals surface area contributed by atoms with E-state index in [1.165, 1.54) is 0 Å². The molecule has 0 unspecified atom stereocenters. The monoisotopic (exact) mass is 292 g/mol. The van der Waals surface area contributed by atoms with E-state index in [1.807, 2.05) is 44.3 Å². The SMILES string of the molecule is CCC(=O)c1ccc2cc(C(=O)c3cn(C)cn3)ccc2c1. The topological polar surface area (TPSA) is 52.0 Å². The first-order valence-electron chi connectivity index (χ1n) is 7.18. The number of imidazole rings is 1. The van der Waals surface area contributed by atoms with Crippen molar-refractivity contribution >= 4 is 22.3 Å². The maximum atomic E-state index is 12.4. The van der Waals surface area contributed by atoms with Crippen LogP contribution in [0.2, 0.25) is 0 Å². The molecule has 4 nitrogen and oxygen atoms in total. The number of hydrogen-bond acceptors (Lipinski definition) is 3. The van der Waals surface area contributed by atoms with Crippen molar-refractivity contribution in [2.24, 2.45) is 7.05 Å². The second-order valence-corrected chi connectivity index (χ2v) is 5.31. The van der Waals surface area contributed by atoms with Gasteiger partial charge < -0.3 is 4.57 Å². The highest BCUT2D eigenvalue weighted by Crippen LogP contribution is 2.20. The Kier molecular flexibility index (Phi) is 3.59. The number of aryl methyl sites for hydroxylation is 1. The Morgan fingerprint density at radius 2 is 1.68 bits per heavy atom. The largest absolute Gasteiger partial charge is 0.340 e. The Bertz CT molecular complexity index is 878. The molecule has 1 aromatic heterocycles. The molecule has 4 heteroatoms. The molecule has 0 fully saturated rings. The van der Waals surface area contributed by atoms with Crippen LogP contribution in [0.3, 0.4) is 0 Å². The van der Waals surface area contributed by atoms with E-state index in [2.05, 4.69) is 4.98 Å². The van der Waals surface area contributed by atoms with E-state index >= 15 is 0 Å². The van der Waals surface area contributed by atoms with E-state index in [4.69, 9.17) is 0 Å². The van der Waals surface area contributed by atoms with Crippen molar-refractivity contribution in [3.63, 3.8) is 0 Å². The summed E-state index contributed by atoms with van der Waals surface area (Å²) in [6, 6.07) is 11.1.